The second-order valence-corrected chi connectivity index (χ2v) is 7.23. The fraction of sp³-hybridized carbons (Fsp3) is 0.364. The lowest BCUT2D eigenvalue weighted by molar-refractivity contribution is -0.135. The average molecular weight is 369 g/mol. The molecule has 0 aliphatic rings. The van der Waals surface area contributed by atoms with E-state index < -0.39 is 11.9 Å². The van der Waals surface area contributed by atoms with Gasteiger partial charge in [0.25, 0.3) is 0 Å². The lowest BCUT2D eigenvalue weighted by atomic mass is 9.86. The molecule has 0 heterocycles. The van der Waals surface area contributed by atoms with E-state index in [1.165, 1.54) is 18.2 Å². The van der Waals surface area contributed by atoms with E-state index in [4.69, 9.17) is 0 Å². The Morgan fingerprint density at radius 2 is 1.56 bits per heavy atom. The Hall–Kier alpha value is -2.82. The van der Waals surface area contributed by atoms with E-state index in [9.17, 15) is 19.8 Å². The topological polar surface area (TPSA) is 77.8 Å². The third-order valence-corrected chi connectivity index (χ3v) is 4.63. The Kier molecular flexibility index (Phi) is 6.61. The van der Waals surface area contributed by atoms with Crippen molar-refractivity contribution >= 4 is 11.9 Å². The quantitative estimate of drug-likeness (QED) is 0.764. The molecule has 1 atom stereocenters. The van der Waals surface area contributed by atoms with E-state index in [2.05, 4.69) is 0 Å². The van der Waals surface area contributed by atoms with E-state index in [1.54, 1.807) is 0 Å². The number of hydrogen-bond acceptors (Lipinski definition) is 3. The Bertz CT molecular complexity index is 791. The van der Waals surface area contributed by atoms with Gasteiger partial charge >= 0.3 is 5.97 Å². The standard InChI is InChI=1S/C22H27NO4/c1-14(2)23(15(3)4)21(25)13-18(16-8-6-5-7-9-16)19-12-17(22(26)27)10-11-20(19)24/h5-12,14-15,18,24H,13H2,1-4H3,(H,26,27). The van der Waals surface area contributed by atoms with Gasteiger partial charge in [-0.3, -0.25) is 4.79 Å². The number of benzene rings is 2. The molecule has 0 aromatic heterocycles. The summed E-state index contributed by atoms with van der Waals surface area (Å²) >= 11 is 0. The molecule has 2 rings (SSSR count). The molecule has 0 saturated carbocycles. The van der Waals surface area contributed by atoms with Crippen molar-refractivity contribution in [3.63, 3.8) is 0 Å². The van der Waals surface area contributed by atoms with Crippen molar-refractivity contribution in [2.24, 2.45) is 0 Å². The van der Waals surface area contributed by atoms with E-state index >= 15 is 0 Å². The number of carboxylic acid groups (broad SMARTS) is 1. The predicted molar refractivity (Wildman–Crippen MR) is 105 cm³/mol. The normalized spacial score (nSPS) is 12.2. The molecule has 27 heavy (non-hydrogen) atoms. The van der Waals surface area contributed by atoms with Crippen LogP contribution in [0.4, 0.5) is 0 Å². The Balaban J connectivity index is 2.49. The number of aromatic hydroxyl groups is 1. The van der Waals surface area contributed by atoms with Crippen molar-refractivity contribution in [1.82, 2.24) is 4.90 Å². The minimum atomic E-state index is -1.07. The average Bonchev–Trinajstić information content (AvgIpc) is 2.60. The van der Waals surface area contributed by atoms with E-state index in [-0.39, 0.29) is 35.7 Å². The first-order valence-corrected chi connectivity index (χ1v) is 9.14. The number of carboxylic acids is 1. The van der Waals surface area contributed by atoms with Crippen LogP contribution in [0.5, 0.6) is 5.75 Å². The van der Waals surface area contributed by atoms with Crippen LogP contribution >= 0.6 is 0 Å². The molecule has 0 saturated heterocycles. The molecule has 2 aromatic rings. The Morgan fingerprint density at radius 3 is 2.07 bits per heavy atom. The number of carbonyl (C=O) groups excluding carboxylic acids is 1. The second kappa shape index (κ2) is 8.71. The highest BCUT2D eigenvalue weighted by Gasteiger charge is 2.27. The fourth-order valence-electron chi connectivity index (χ4n) is 3.51. The molecule has 1 amide bonds. The van der Waals surface area contributed by atoms with E-state index in [0.717, 1.165) is 5.56 Å². The molecular weight excluding hydrogens is 342 g/mol. The van der Waals surface area contributed by atoms with Crippen LogP contribution in [0.25, 0.3) is 0 Å². The molecule has 2 N–H and O–H groups in total. The molecular formula is C22H27NO4. The number of amides is 1. The third-order valence-electron chi connectivity index (χ3n) is 4.63. The first kappa shape index (κ1) is 20.5. The van der Waals surface area contributed by atoms with Gasteiger partial charge in [0.1, 0.15) is 5.75 Å². The molecule has 0 radical (unpaired) electrons. The number of hydrogen-bond donors (Lipinski definition) is 2. The van der Waals surface area contributed by atoms with Crippen LogP contribution in [-0.2, 0) is 4.79 Å². The fourth-order valence-corrected chi connectivity index (χ4v) is 3.51. The maximum Gasteiger partial charge on any atom is 0.335 e. The smallest absolute Gasteiger partial charge is 0.335 e. The lowest BCUT2D eigenvalue weighted by Gasteiger charge is -2.32. The van der Waals surface area contributed by atoms with Gasteiger partial charge in [0, 0.05) is 30.0 Å². The van der Waals surface area contributed by atoms with E-state index in [0.29, 0.717) is 5.56 Å². The molecule has 0 aliphatic heterocycles. The highest BCUT2D eigenvalue weighted by molar-refractivity contribution is 5.88. The maximum absolute atomic E-state index is 13.0. The van der Waals surface area contributed by atoms with Crippen LogP contribution in [0.1, 0.15) is 61.5 Å². The van der Waals surface area contributed by atoms with Gasteiger partial charge in [-0.15, -0.1) is 0 Å². The molecule has 0 fully saturated rings. The van der Waals surface area contributed by atoms with Crippen molar-refractivity contribution < 1.29 is 19.8 Å². The van der Waals surface area contributed by atoms with Gasteiger partial charge in [0.15, 0.2) is 0 Å². The monoisotopic (exact) mass is 369 g/mol. The first-order valence-electron chi connectivity index (χ1n) is 9.14. The SMILES string of the molecule is CC(C)N(C(=O)CC(c1ccccc1)c1cc(C(=O)O)ccc1O)C(C)C. The zero-order chi connectivity index (χ0) is 20.1. The molecule has 5 nitrogen and oxygen atoms in total. The van der Waals surface area contributed by atoms with Crippen molar-refractivity contribution in [3.8, 4) is 5.75 Å². The number of aromatic carboxylic acids is 1. The molecule has 5 heteroatoms. The van der Waals surface area contributed by atoms with Crippen molar-refractivity contribution in [1.29, 1.82) is 0 Å². The van der Waals surface area contributed by atoms with Crippen LogP contribution < -0.4 is 0 Å². The lowest BCUT2D eigenvalue weighted by Crippen LogP contribution is -2.42. The summed E-state index contributed by atoms with van der Waals surface area (Å²) in [5.74, 6) is -1.55. The third kappa shape index (κ3) is 4.88. The number of phenols is 1. The number of carbonyl (C=O) groups is 2. The summed E-state index contributed by atoms with van der Waals surface area (Å²) in [5.41, 5.74) is 1.39. The van der Waals surface area contributed by atoms with Gasteiger partial charge in [-0.2, -0.15) is 0 Å². The van der Waals surface area contributed by atoms with Crippen molar-refractivity contribution in [2.75, 3.05) is 0 Å². The van der Waals surface area contributed by atoms with Gasteiger partial charge < -0.3 is 15.1 Å². The highest BCUT2D eigenvalue weighted by atomic mass is 16.4. The summed E-state index contributed by atoms with van der Waals surface area (Å²) in [6.45, 7) is 7.88. The van der Waals surface area contributed by atoms with Crippen LogP contribution in [0, 0.1) is 0 Å². The van der Waals surface area contributed by atoms with Crippen LogP contribution in [0.2, 0.25) is 0 Å². The summed E-state index contributed by atoms with van der Waals surface area (Å²) in [6.07, 6.45) is 0.150. The maximum atomic E-state index is 13.0. The van der Waals surface area contributed by atoms with Crippen molar-refractivity contribution in [3.05, 3.63) is 65.2 Å². The summed E-state index contributed by atoms with van der Waals surface area (Å²) in [4.78, 5) is 26.2. The molecule has 1 unspecified atom stereocenters. The Morgan fingerprint density at radius 1 is 0.963 bits per heavy atom. The van der Waals surface area contributed by atoms with Crippen LogP contribution in [0.3, 0.4) is 0 Å². The van der Waals surface area contributed by atoms with Gasteiger partial charge in [0.2, 0.25) is 5.91 Å². The highest BCUT2D eigenvalue weighted by Crippen LogP contribution is 2.35. The molecule has 144 valence electrons. The second-order valence-electron chi connectivity index (χ2n) is 7.23. The summed E-state index contributed by atoms with van der Waals surface area (Å²) in [6, 6.07) is 13.7. The zero-order valence-electron chi connectivity index (χ0n) is 16.2. The van der Waals surface area contributed by atoms with Gasteiger partial charge in [-0.25, -0.2) is 4.79 Å². The van der Waals surface area contributed by atoms with E-state index in [1.807, 2.05) is 62.9 Å². The van der Waals surface area contributed by atoms with Crippen molar-refractivity contribution in [2.45, 2.75) is 52.1 Å². The molecule has 0 aliphatic carbocycles. The zero-order valence-corrected chi connectivity index (χ0v) is 16.2. The minimum absolute atomic E-state index is 0.0118. The summed E-state index contributed by atoms with van der Waals surface area (Å²) in [5, 5.41) is 19.7. The number of rotatable bonds is 7. The predicted octanol–water partition coefficient (Wildman–Crippen LogP) is 4.26. The van der Waals surface area contributed by atoms with Gasteiger partial charge in [-0.1, -0.05) is 30.3 Å². The molecule has 0 spiro atoms. The molecule has 2 aromatic carbocycles. The van der Waals surface area contributed by atoms with Crippen LogP contribution in [-0.4, -0.2) is 39.1 Å². The van der Waals surface area contributed by atoms with Gasteiger partial charge in [0.05, 0.1) is 5.56 Å². The molecule has 0 bridgehead atoms. The van der Waals surface area contributed by atoms with Crippen LogP contribution in [0.15, 0.2) is 48.5 Å². The number of phenolic OH excluding ortho intramolecular Hbond substituents is 1. The number of nitrogens with zero attached hydrogens (tertiary/aromatic N) is 1. The minimum Gasteiger partial charge on any atom is -0.508 e. The summed E-state index contributed by atoms with van der Waals surface area (Å²) < 4.78 is 0. The first-order chi connectivity index (χ1) is 12.7. The largest absolute Gasteiger partial charge is 0.508 e. The Labute approximate surface area is 160 Å². The summed E-state index contributed by atoms with van der Waals surface area (Å²) in [7, 11) is 0. The van der Waals surface area contributed by atoms with Gasteiger partial charge in [-0.05, 0) is 51.5 Å².